The van der Waals surface area contributed by atoms with E-state index in [-0.39, 0.29) is 5.91 Å². The van der Waals surface area contributed by atoms with E-state index in [1.165, 1.54) is 18.4 Å². The number of hydrogen-bond acceptors (Lipinski definition) is 6. The normalized spacial score (nSPS) is 11.0. The van der Waals surface area contributed by atoms with Crippen LogP contribution in [0.4, 0.5) is 5.69 Å². The Morgan fingerprint density at radius 1 is 1.04 bits per heavy atom. The van der Waals surface area contributed by atoms with Crippen LogP contribution in [0.2, 0.25) is 0 Å². The van der Waals surface area contributed by atoms with E-state index in [9.17, 15) is 9.59 Å². The summed E-state index contributed by atoms with van der Waals surface area (Å²) in [5.41, 5.74) is 1.61. The summed E-state index contributed by atoms with van der Waals surface area (Å²) >= 11 is 1.26. The van der Waals surface area contributed by atoms with E-state index >= 15 is 0 Å². The summed E-state index contributed by atoms with van der Waals surface area (Å²) in [6.45, 7) is 1.97. The number of hydrogen-bond donors (Lipinski definition) is 1. The van der Waals surface area contributed by atoms with Crippen LogP contribution in [0.5, 0.6) is 11.5 Å². The lowest BCUT2D eigenvalue weighted by atomic mass is 10.1. The van der Waals surface area contributed by atoms with Crippen molar-refractivity contribution in [2.24, 2.45) is 0 Å². The zero-order chi connectivity index (χ0) is 19.8. The number of carbonyl (C=O) groups excluding carboxylic acids is 1. The van der Waals surface area contributed by atoms with E-state index in [1.54, 1.807) is 37.4 Å². The highest BCUT2D eigenvalue weighted by molar-refractivity contribution is 7.21. The molecule has 2 heterocycles. The Balaban J connectivity index is 1.76. The molecular weight excluding hydrogens is 378 g/mol. The van der Waals surface area contributed by atoms with Crippen LogP contribution in [0.25, 0.3) is 21.1 Å². The largest absolute Gasteiger partial charge is 0.497 e. The summed E-state index contributed by atoms with van der Waals surface area (Å²) in [6, 6.07) is 12.3. The molecule has 1 N–H and O–H groups in total. The standard InChI is InChI=1S/C21H17NO5S/c1-11-4-7-16-13(8-11)19-14(21(24)27-16)10-18(28-19)20(23)22-15-6-5-12(25-2)9-17(15)26-3/h4-10H,1-3H3,(H,22,23). The van der Waals surface area contributed by atoms with Crippen molar-refractivity contribution in [1.82, 2.24) is 0 Å². The maximum absolute atomic E-state index is 12.8. The monoisotopic (exact) mass is 395 g/mol. The van der Waals surface area contributed by atoms with Crippen molar-refractivity contribution < 1.29 is 18.7 Å². The molecule has 0 aliphatic rings. The van der Waals surface area contributed by atoms with Crippen LogP contribution in [-0.2, 0) is 0 Å². The Morgan fingerprint density at radius 3 is 2.61 bits per heavy atom. The molecule has 0 fully saturated rings. The SMILES string of the molecule is COc1ccc(NC(=O)c2cc3c(=O)oc4ccc(C)cc4c3s2)c(OC)c1. The van der Waals surface area contributed by atoms with E-state index in [0.717, 1.165) is 15.6 Å². The van der Waals surface area contributed by atoms with Gasteiger partial charge >= 0.3 is 5.63 Å². The maximum Gasteiger partial charge on any atom is 0.345 e. The molecule has 0 bridgehead atoms. The van der Waals surface area contributed by atoms with Gasteiger partial charge in [-0.15, -0.1) is 11.3 Å². The van der Waals surface area contributed by atoms with Gasteiger partial charge in [0.1, 0.15) is 17.1 Å². The molecule has 142 valence electrons. The fourth-order valence-corrected chi connectivity index (χ4v) is 4.07. The summed E-state index contributed by atoms with van der Waals surface area (Å²) in [6.07, 6.45) is 0. The van der Waals surface area contributed by atoms with Gasteiger partial charge in [-0.25, -0.2) is 4.79 Å². The van der Waals surface area contributed by atoms with Gasteiger partial charge in [-0.1, -0.05) is 11.6 Å². The van der Waals surface area contributed by atoms with Crippen molar-refractivity contribution >= 4 is 44.0 Å². The Morgan fingerprint density at radius 2 is 1.86 bits per heavy atom. The van der Waals surface area contributed by atoms with E-state index < -0.39 is 5.63 Å². The number of benzene rings is 2. The molecule has 0 radical (unpaired) electrons. The third-order valence-electron chi connectivity index (χ3n) is 4.42. The number of ether oxygens (including phenoxy) is 2. The first-order valence-electron chi connectivity index (χ1n) is 8.50. The average molecular weight is 395 g/mol. The number of carbonyl (C=O) groups is 1. The van der Waals surface area contributed by atoms with E-state index in [0.29, 0.717) is 33.0 Å². The molecule has 4 aromatic rings. The number of rotatable bonds is 4. The summed E-state index contributed by atoms with van der Waals surface area (Å²) < 4.78 is 16.6. The first kappa shape index (κ1) is 18.1. The third-order valence-corrected chi connectivity index (χ3v) is 5.58. The van der Waals surface area contributed by atoms with Crippen molar-refractivity contribution in [3.05, 3.63) is 63.3 Å². The molecule has 1 amide bonds. The molecule has 0 saturated carbocycles. The predicted octanol–water partition coefficient (Wildman–Crippen LogP) is 4.59. The highest BCUT2D eigenvalue weighted by Gasteiger charge is 2.17. The molecule has 0 saturated heterocycles. The third kappa shape index (κ3) is 3.10. The van der Waals surface area contributed by atoms with Gasteiger partial charge in [-0.05, 0) is 37.3 Å². The van der Waals surface area contributed by atoms with Gasteiger partial charge in [0.25, 0.3) is 5.91 Å². The zero-order valence-corrected chi connectivity index (χ0v) is 16.3. The second-order valence-corrected chi connectivity index (χ2v) is 7.32. The van der Waals surface area contributed by atoms with Gasteiger partial charge in [0, 0.05) is 11.5 Å². The lowest BCUT2D eigenvalue weighted by Crippen LogP contribution is -2.11. The van der Waals surface area contributed by atoms with Crippen LogP contribution in [0.15, 0.2) is 51.7 Å². The number of amides is 1. The van der Waals surface area contributed by atoms with Gasteiger partial charge in [0.05, 0.1) is 34.9 Å². The minimum Gasteiger partial charge on any atom is -0.497 e. The Bertz CT molecular complexity index is 1270. The molecule has 2 aromatic carbocycles. The molecule has 0 spiro atoms. The molecule has 28 heavy (non-hydrogen) atoms. The van der Waals surface area contributed by atoms with Crippen LogP contribution in [0.1, 0.15) is 15.2 Å². The average Bonchev–Trinajstić information content (AvgIpc) is 3.15. The minimum absolute atomic E-state index is 0.329. The van der Waals surface area contributed by atoms with Gasteiger partial charge in [0.2, 0.25) is 0 Å². The number of anilines is 1. The topological polar surface area (TPSA) is 77.8 Å². The van der Waals surface area contributed by atoms with Crippen molar-refractivity contribution in [1.29, 1.82) is 0 Å². The highest BCUT2D eigenvalue weighted by atomic mass is 32.1. The molecular formula is C21H17NO5S. The summed E-state index contributed by atoms with van der Waals surface area (Å²) in [5.74, 6) is 0.774. The fraction of sp³-hybridized carbons (Fsp3) is 0.143. The van der Waals surface area contributed by atoms with Crippen LogP contribution in [0, 0.1) is 6.92 Å². The lowest BCUT2D eigenvalue weighted by Gasteiger charge is -2.10. The van der Waals surface area contributed by atoms with E-state index in [2.05, 4.69) is 5.32 Å². The van der Waals surface area contributed by atoms with E-state index in [1.807, 2.05) is 19.1 Å². The number of aryl methyl sites for hydroxylation is 1. The quantitative estimate of drug-likeness (QED) is 0.512. The zero-order valence-electron chi connectivity index (χ0n) is 15.5. The molecule has 0 unspecified atom stereocenters. The lowest BCUT2D eigenvalue weighted by molar-refractivity contribution is 0.103. The Kier molecular flexibility index (Phi) is 4.52. The second kappa shape index (κ2) is 7.01. The predicted molar refractivity (Wildman–Crippen MR) is 110 cm³/mol. The van der Waals surface area contributed by atoms with Gasteiger partial charge < -0.3 is 19.2 Å². The van der Waals surface area contributed by atoms with Gasteiger partial charge in [-0.3, -0.25) is 4.79 Å². The smallest absolute Gasteiger partial charge is 0.345 e. The molecule has 2 aromatic heterocycles. The van der Waals surface area contributed by atoms with Crippen LogP contribution < -0.4 is 20.4 Å². The Labute approximate surface area is 164 Å². The summed E-state index contributed by atoms with van der Waals surface area (Å²) in [4.78, 5) is 25.5. The molecule has 6 nitrogen and oxygen atoms in total. The Hall–Kier alpha value is -3.32. The van der Waals surface area contributed by atoms with Gasteiger partial charge in [0.15, 0.2) is 0 Å². The highest BCUT2D eigenvalue weighted by Crippen LogP contribution is 2.33. The number of thiophene rings is 1. The van der Waals surface area contributed by atoms with Crippen LogP contribution in [0.3, 0.4) is 0 Å². The molecule has 7 heteroatoms. The summed E-state index contributed by atoms with van der Waals surface area (Å²) in [7, 11) is 3.07. The van der Waals surface area contributed by atoms with Crippen molar-refractivity contribution in [3.8, 4) is 11.5 Å². The second-order valence-electron chi connectivity index (χ2n) is 6.26. The molecule has 0 atom stereocenters. The van der Waals surface area contributed by atoms with Crippen molar-refractivity contribution in [2.75, 3.05) is 19.5 Å². The first-order valence-corrected chi connectivity index (χ1v) is 9.32. The molecule has 0 aliphatic heterocycles. The van der Waals surface area contributed by atoms with Crippen LogP contribution >= 0.6 is 11.3 Å². The van der Waals surface area contributed by atoms with Crippen LogP contribution in [-0.4, -0.2) is 20.1 Å². The van der Waals surface area contributed by atoms with E-state index in [4.69, 9.17) is 13.9 Å². The van der Waals surface area contributed by atoms with Crippen molar-refractivity contribution in [3.63, 3.8) is 0 Å². The first-order chi connectivity index (χ1) is 13.5. The fourth-order valence-electron chi connectivity index (χ4n) is 3.01. The van der Waals surface area contributed by atoms with Crippen molar-refractivity contribution in [2.45, 2.75) is 6.92 Å². The number of fused-ring (bicyclic) bond motifs is 3. The minimum atomic E-state index is -0.455. The molecule has 0 aliphatic carbocycles. The maximum atomic E-state index is 12.8. The number of nitrogens with one attached hydrogen (secondary N) is 1. The van der Waals surface area contributed by atoms with Gasteiger partial charge in [-0.2, -0.15) is 0 Å². The summed E-state index contributed by atoms with van der Waals surface area (Å²) in [5, 5.41) is 4.05. The molecule has 4 rings (SSSR count). The number of methoxy groups -OCH3 is 2.